The third kappa shape index (κ3) is 3.45. The first-order valence-corrected chi connectivity index (χ1v) is 6.80. The molecule has 1 aliphatic rings. The van der Waals surface area contributed by atoms with Gasteiger partial charge in [-0.25, -0.2) is 4.98 Å². The highest BCUT2D eigenvalue weighted by Crippen LogP contribution is 2.45. The molecule has 1 aromatic heterocycles. The van der Waals surface area contributed by atoms with Gasteiger partial charge in [0, 0.05) is 22.9 Å². The van der Waals surface area contributed by atoms with Gasteiger partial charge in [-0.1, -0.05) is 0 Å². The van der Waals surface area contributed by atoms with Crippen LogP contribution in [0.4, 0.5) is 13.2 Å². The molecule has 0 spiro atoms. The van der Waals surface area contributed by atoms with Crippen molar-refractivity contribution >= 4 is 11.3 Å². The molecule has 0 aromatic carbocycles. The Balaban J connectivity index is 2.19. The zero-order valence-electron chi connectivity index (χ0n) is 10.7. The molecule has 0 radical (unpaired) electrons. The first-order chi connectivity index (χ1) is 8.17. The molecule has 1 fully saturated rings. The normalized spacial score (nSPS) is 17.2. The SMILES string of the molecule is CC(C)(C)NCc1sc(C(F)(F)F)nc1C1CC1. The van der Waals surface area contributed by atoms with E-state index in [1.807, 2.05) is 20.8 Å². The third-order valence-corrected chi connectivity index (χ3v) is 3.83. The van der Waals surface area contributed by atoms with Crippen LogP contribution in [0.15, 0.2) is 0 Å². The van der Waals surface area contributed by atoms with Crippen LogP contribution in [0.5, 0.6) is 0 Å². The summed E-state index contributed by atoms with van der Waals surface area (Å²) in [6.07, 6.45) is -2.40. The molecule has 2 nitrogen and oxygen atoms in total. The molecule has 2 rings (SSSR count). The number of halogens is 3. The summed E-state index contributed by atoms with van der Waals surface area (Å²) in [5.41, 5.74) is 0.549. The molecule has 1 aromatic rings. The fraction of sp³-hybridized carbons (Fsp3) is 0.750. The van der Waals surface area contributed by atoms with Crippen LogP contribution < -0.4 is 5.32 Å². The highest BCUT2D eigenvalue weighted by atomic mass is 32.1. The van der Waals surface area contributed by atoms with Gasteiger partial charge in [0.2, 0.25) is 0 Å². The Hall–Kier alpha value is -0.620. The monoisotopic (exact) mass is 278 g/mol. The number of nitrogens with zero attached hydrogens (tertiary/aromatic N) is 1. The van der Waals surface area contributed by atoms with Gasteiger partial charge in [-0.15, -0.1) is 11.3 Å². The number of hydrogen-bond acceptors (Lipinski definition) is 3. The third-order valence-electron chi connectivity index (χ3n) is 2.71. The maximum atomic E-state index is 12.7. The molecule has 0 atom stereocenters. The summed E-state index contributed by atoms with van der Waals surface area (Å²) in [6, 6.07) is 0. The summed E-state index contributed by atoms with van der Waals surface area (Å²) in [5.74, 6) is 0.245. The minimum Gasteiger partial charge on any atom is -0.307 e. The van der Waals surface area contributed by atoms with Crippen molar-refractivity contribution in [2.45, 2.75) is 57.8 Å². The van der Waals surface area contributed by atoms with Crippen LogP contribution in [0.25, 0.3) is 0 Å². The summed E-state index contributed by atoms with van der Waals surface area (Å²) < 4.78 is 38.0. The van der Waals surface area contributed by atoms with Crippen LogP contribution in [-0.2, 0) is 12.7 Å². The van der Waals surface area contributed by atoms with E-state index in [4.69, 9.17) is 0 Å². The number of alkyl halides is 3. The Morgan fingerprint density at radius 1 is 1.28 bits per heavy atom. The first-order valence-electron chi connectivity index (χ1n) is 5.98. The van der Waals surface area contributed by atoms with Crippen molar-refractivity contribution in [3.05, 3.63) is 15.6 Å². The van der Waals surface area contributed by atoms with Gasteiger partial charge >= 0.3 is 6.18 Å². The molecule has 6 heteroatoms. The van der Waals surface area contributed by atoms with Gasteiger partial charge in [-0.2, -0.15) is 13.2 Å². The lowest BCUT2D eigenvalue weighted by molar-refractivity contribution is -0.137. The Morgan fingerprint density at radius 2 is 1.89 bits per heavy atom. The van der Waals surface area contributed by atoms with E-state index in [-0.39, 0.29) is 11.5 Å². The molecular weight excluding hydrogens is 261 g/mol. The maximum absolute atomic E-state index is 12.7. The van der Waals surface area contributed by atoms with Crippen molar-refractivity contribution in [3.63, 3.8) is 0 Å². The number of thiazole rings is 1. The number of rotatable bonds is 3. The van der Waals surface area contributed by atoms with Crippen LogP contribution in [-0.4, -0.2) is 10.5 Å². The Kier molecular flexibility index (Phi) is 3.44. The second kappa shape index (κ2) is 4.49. The number of hydrogen-bond donors (Lipinski definition) is 1. The summed E-state index contributed by atoms with van der Waals surface area (Å²) in [6.45, 7) is 6.45. The molecule has 1 saturated carbocycles. The van der Waals surface area contributed by atoms with E-state index >= 15 is 0 Å². The van der Waals surface area contributed by atoms with Crippen LogP contribution >= 0.6 is 11.3 Å². The average molecular weight is 278 g/mol. The van der Waals surface area contributed by atoms with Gasteiger partial charge in [0.1, 0.15) is 0 Å². The van der Waals surface area contributed by atoms with E-state index in [0.29, 0.717) is 12.2 Å². The van der Waals surface area contributed by atoms with Gasteiger partial charge in [0.15, 0.2) is 5.01 Å². The first kappa shape index (κ1) is 13.8. The molecule has 0 bridgehead atoms. The Labute approximate surface area is 109 Å². The van der Waals surface area contributed by atoms with E-state index in [1.54, 1.807) is 0 Å². The summed E-state index contributed by atoms with van der Waals surface area (Å²) >= 11 is 0.777. The van der Waals surface area contributed by atoms with E-state index in [1.165, 1.54) is 0 Å². The highest BCUT2D eigenvalue weighted by Gasteiger charge is 2.38. The number of aromatic nitrogens is 1. The molecule has 0 unspecified atom stereocenters. The predicted molar refractivity (Wildman–Crippen MR) is 65.7 cm³/mol. The molecule has 1 heterocycles. The zero-order chi connectivity index (χ0) is 13.6. The molecule has 102 valence electrons. The van der Waals surface area contributed by atoms with Gasteiger partial charge < -0.3 is 5.32 Å². The highest BCUT2D eigenvalue weighted by molar-refractivity contribution is 7.11. The van der Waals surface area contributed by atoms with Crippen molar-refractivity contribution < 1.29 is 13.2 Å². The van der Waals surface area contributed by atoms with Crippen molar-refractivity contribution in [1.82, 2.24) is 10.3 Å². The van der Waals surface area contributed by atoms with Crippen LogP contribution in [0.1, 0.15) is 55.1 Å². The Bertz CT molecular complexity index is 428. The average Bonchev–Trinajstić information content (AvgIpc) is 2.92. The van der Waals surface area contributed by atoms with Crippen molar-refractivity contribution in [2.75, 3.05) is 0 Å². The predicted octanol–water partition coefficient (Wildman–Crippen LogP) is 3.93. The van der Waals surface area contributed by atoms with Crippen molar-refractivity contribution in [2.24, 2.45) is 0 Å². The van der Waals surface area contributed by atoms with Crippen molar-refractivity contribution in [1.29, 1.82) is 0 Å². The van der Waals surface area contributed by atoms with Crippen LogP contribution in [0, 0.1) is 0 Å². The largest absolute Gasteiger partial charge is 0.443 e. The molecule has 0 saturated heterocycles. The van der Waals surface area contributed by atoms with Gasteiger partial charge in [0.25, 0.3) is 0 Å². The van der Waals surface area contributed by atoms with Crippen LogP contribution in [0.2, 0.25) is 0 Å². The maximum Gasteiger partial charge on any atom is 0.443 e. The summed E-state index contributed by atoms with van der Waals surface area (Å²) in [5, 5.41) is 2.52. The summed E-state index contributed by atoms with van der Waals surface area (Å²) in [4.78, 5) is 4.53. The molecular formula is C12H17F3N2S. The molecule has 1 aliphatic carbocycles. The molecule has 0 aliphatic heterocycles. The van der Waals surface area contributed by atoms with Gasteiger partial charge in [-0.3, -0.25) is 0 Å². The lowest BCUT2D eigenvalue weighted by Crippen LogP contribution is -2.35. The minimum absolute atomic E-state index is 0.108. The smallest absolute Gasteiger partial charge is 0.307 e. The zero-order valence-corrected chi connectivity index (χ0v) is 11.5. The van der Waals surface area contributed by atoms with E-state index in [9.17, 15) is 13.2 Å². The Morgan fingerprint density at radius 3 is 2.33 bits per heavy atom. The van der Waals surface area contributed by atoms with Crippen molar-refractivity contribution in [3.8, 4) is 0 Å². The standard InChI is InChI=1S/C12H17F3N2S/c1-11(2,3)16-6-8-9(7-4-5-7)17-10(18-8)12(13,14)15/h7,16H,4-6H2,1-3H3. The molecule has 1 N–H and O–H groups in total. The van der Waals surface area contributed by atoms with E-state index in [2.05, 4.69) is 10.3 Å². The molecule has 18 heavy (non-hydrogen) atoms. The van der Waals surface area contributed by atoms with Gasteiger partial charge in [-0.05, 0) is 33.6 Å². The lowest BCUT2D eigenvalue weighted by atomic mass is 10.1. The number of nitrogens with one attached hydrogen (secondary N) is 1. The van der Waals surface area contributed by atoms with Crippen LogP contribution in [0.3, 0.4) is 0 Å². The fourth-order valence-corrected chi connectivity index (χ4v) is 2.59. The quantitative estimate of drug-likeness (QED) is 0.906. The topological polar surface area (TPSA) is 24.9 Å². The second-order valence-corrected chi connectivity index (χ2v) is 6.79. The lowest BCUT2D eigenvalue weighted by Gasteiger charge is -2.20. The van der Waals surface area contributed by atoms with E-state index in [0.717, 1.165) is 29.1 Å². The molecule has 0 amide bonds. The van der Waals surface area contributed by atoms with E-state index < -0.39 is 11.2 Å². The second-order valence-electron chi connectivity index (χ2n) is 5.70. The summed E-state index contributed by atoms with van der Waals surface area (Å²) in [7, 11) is 0. The van der Waals surface area contributed by atoms with Gasteiger partial charge in [0.05, 0.1) is 5.69 Å². The minimum atomic E-state index is -4.33. The fourth-order valence-electron chi connectivity index (χ4n) is 1.63.